The van der Waals surface area contributed by atoms with Crippen LogP contribution in [0.1, 0.15) is 18.4 Å². The molecule has 0 aromatic carbocycles. The van der Waals surface area contributed by atoms with Crippen molar-refractivity contribution < 1.29 is 14.3 Å². The molecule has 2 fully saturated rings. The highest BCUT2D eigenvalue weighted by atomic mass is 16.5. The van der Waals surface area contributed by atoms with Gasteiger partial charge in [0, 0.05) is 52.2 Å². The number of rotatable bonds is 8. The van der Waals surface area contributed by atoms with Crippen LogP contribution in [-0.4, -0.2) is 79.6 Å². The first-order valence-electron chi connectivity index (χ1n) is 9.35. The summed E-state index contributed by atoms with van der Waals surface area (Å²) in [6.07, 6.45) is 5.56. The molecule has 0 radical (unpaired) electrons. The van der Waals surface area contributed by atoms with Crippen LogP contribution in [0.2, 0.25) is 0 Å². The Balaban J connectivity index is 1.44. The lowest BCUT2D eigenvalue weighted by Crippen LogP contribution is -2.47. The maximum Gasteiger partial charge on any atom is 0.238 e. The number of nitrogens with one attached hydrogen (secondary N) is 1. The Hall–Kier alpha value is -1.99. The maximum atomic E-state index is 12.8. The highest BCUT2D eigenvalue weighted by Gasteiger charge is 2.57. The van der Waals surface area contributed by atoms with Crippen molar-refractivity contribution in [2.75, 3.05) is 53.0 Å². The van der Waals surface area contributed by atoms with E-state index in [0.717, 1.165) is 44.8 Å². The van der Waals surface area contributed by atoms with Crippen molar-refractivity contribution in [3.05, 3.63) is 30.1 Å². The number of amides is 2. The van der Waals surface area contributed by atoms with E-state index >= 15 is 0 Å². The Morgan fingerprint density at radius 3 is 2.62 bits per heavy atom. The molecule has 1 aromatic rings. The quantitative estimate of drug-likeness (QED) is 0.676. The van der Waals surface area contributed by atoms with Crippen molar-refractivity contribution in [1.29, 1.82) is 0 Å². The fourth-order valence-electron chi connectivity index (χ4n) is 3.30. The lowest BCUT2D eigenvalue weighted by Gasteiger charge is -2.27. The Morgan fingerprint density at radius 2 is 1.96 bits per heavy atom. The molecule has 3 rings (SSSR count). The Kier molecular flexibility index (Phi) is 6.21. The van der Waals surface area contributed by atoms with Crippen LogP contribution < -0.4 is 5.32 Å². The van der Waals surface area contributed by atoms with Crippen molar-refractivity contribution in [1.82, 2.24) is 20.1 Å². The molecule has 2 amide bonds. The van der Waals surface area contributed by atoms with Crippen LogP contribution >= 0.6 is 0 Å². The molecule has 142 valence electrons. The first-order chi connectivity index (χ1) is 12.6. The Labute approximate surface area is 154 Å². The number of morpholine rings is 1. The lowest BCUT2D eigenvalue weighted by molar-refractivity contribution is -0.143. The first kappa shape index (κ1) is 18.8. The summed E-state index contributed by atoms with van der Waals surface area (Å²) in [6.45, 7) is 5.28. The standard InChI is InChI=1S/C19H28N4O3/c1-22(10-4-16-2-7-20-8-3-16)18(25)19(5-6-19)17(24)21-9-11-23-12-14-26-15-13-23/h2-3,7-8H,4-6,9-15H2,1H3,(H,21,24). The van der Waals surface area contributed by atoms with Crippen molar-refractivity contribution in [3.8, 4) is 0 Å². The first-order valence-corrected chi connectivity index (χ1v) is 9.35. The summed E-state index contributed by atoms with van der Waals surface area (Å²) in [5, 5.41) is 2.97. The van der Waals surface area contributed by atoms with Crippen LogP contribution in [-0.2, 0) is 20.7 Å². The van der Waals surface area contributed by atoms with E-state index in [1.807, 2.05) is 12.1 Å². The molecule has 1 aromatic heterocycles. The fourth-order valence-corrected chi connectivity index (χ4v) is 3.30. The Morgan fingerprint density at radius 1 is 1.27 bits per heavy atom. The highest BCUT2D eigenvalue weighted by Crippen LogP contribution is 2.47. The molecular formula is C19H28N4O3. The van der Waals surface area contributed by atoms with Gasteiger partial charge in [0.15, 0.2) is 0 Å². The molecule has 1 N–H and O–H groups in total. The Bertz CT molecular complexity index is 612. The molecule has 0 bridgehead atoms. The number of carbonyl (C=O) groups is 2. The topological polar surface area (TPSA) is 74.8 Å². The van der Waals surface area contributed by atoms with Gasteiger partial charge < -0.3 is 15.0 Å². The van der Waals surface area contributed by atoms with E-state index in [9.17, 15) is 9.59 Å². The number of hydrogen-bond acceptors (Lipinski definition) is 5. The molecule has 26 heavy (non-hydrogen) atoms. The van der Waals surface area contributed by atoms with Crippen LogP contribution in [0, 0.1) is 5.41 Å². The highest BCUT2D eigenvalue weighted by molar-refractivity contribution is 6.07. The summed E-state index contributed by atoms with van der Waals surface area (Å²) >= 11 is 0. The van der Waals surface area contributed by atoms with Gasteiger partial charge in [-0.05, 0) is 37.0 Å². The minimum Gasteiger partial charge on any atom is -0.379 e. The molecule has 0 unspecified atom stereocenters. The molecule has 2 heterocycles. The minimum atomic E-state index is -0.835. The van der Waals surface area contributed by atoms with Gasteiger partial charge >= 0.3 is 0 Å². The van der Waals surface area contributed by atoms with E-state index in [4.69, 9.17) is 4.74 Å². The zero-order valence-corrected chi connectivity index (χ0v) is 15.4. The average Bonchev–Trinajstić information content (AvgIpc) is 3.49. The minimum absolute atomic E-state index is 0.0598. The van der Waals surface area contributed by atoms with Crippen LogP contribution in [0.25, 0.3) is 0 Å². The van der Waals surface area contributed by atoms with Crippen LogP contribution in [0.4, 0.5) is 0 Å². The lowest BCUT2D eigenvalue weighted by atomic mass is 10.0. The summed E-state index contributed by atoms with van der Waals surface area (Å²) in [5.74, 6) is -0.179. The van der Waals surface area contributed by atoms with Crippen molar-refractivity contribution in [2.45, 2.75) is 19.3 Å². The van der Waals surface area contributed by atoms with Gasteiger partial charge in [0.25, 0.3) is 0 Å². The van der Waals surface area contributed by atoms with E-state index in [2.05, 4.69) is 15.2 Å². The van der Waals surface area contributed by atoms with Gasteiger partial charge in [-0.15, -0.1) is 0 Å². The predicted molar refractivity (Wildman–Crippen MR) is 97.5 cm³/mol. The van der Waals surface area contributed by atoms with E-state index in [-0.39, 0.29) is 11.8 Å². The number of hydrogen-bond donors (Lipinski definition) is 1. The molecule has 0 atom stereocenters. The number of carbonyl (C=O) groups excluding carboxylic acids is 2. The van der Waals surface area contributed by atoms with Crippen LogP contribution in [0.3, 0.4) is 0 Å². The summed E-state index contributed by atoms with van der Waals surface area (Å²) in [4.78, 5) is 33.3. The summed E-state index contributed by atoms with van der Waals surface area (Å²) in [5.41, 5.74) is 0.303. The fraction of sp³-hybridized carbons (Fsp3) is 0.632. The smallest absolute Gasteiger partial charge is 0.238 e. The normalized spacial score (nSPS) is 19.0. The van der Waals surface area contributed by atoms with Gasteiger partial charge in [0.2, 0.25) is 11.8 Å². The SMILES string of the molecule is CN(CCc1ccncc1)C(=O)C1(C(=O)NCCN2CCOCC2)CC1. The molecule has 1 saturated heterocycles. The second-order valence-corrected chi connectivity index (χ2v) is 7.12. The second-order valence-electron chi connectivity index (χ2n) is 7.12. The molecule has 1 aliphatic carbocycles. The molecule has 1 saturated carbocycles. The van der Waals surface area contributed by atoms with Gasteiger partial charge in [0.05, 0.1) is 13.2 Å². The molecule has 2 aliphatic rings. The van der Waals surface area contributed by atoms with Crippen molar-refractivity contribution >= 4 is 11.8 Å². The monoisotopic (exact) mass is 360 g/mol. The van der Waals surface area contributed by atoms with Crippen molar-refractivity contribution in [2.24, 2.45) is 5.41 Å². The average molecular weight is 360 g/mol. The summed E-state index contributed by atoms with van der Waals surface area (Å²) in [6, 6.07) is 3.90. The third-order valence-electron chi connectivity index (χ3n) is 5.24. The van der Waals surface area contributed by atoms with Gasteiger partial charge in [-0.1, -0.05) is 0 Å². The number of ether oxygens (including phenoxy) is 1. The van der Waals surface area contributed by atoms with E-state index in [0.29, 0.717) is 25.9 Å². The van der Waals surface area contributed by atoms with Gasteiger partial charge in [-0.25, -0.2) is 0 Å². The van der Waals surface area contributed by atoms with Gasteiger partial charge in [-0.3, -0.25) is 19.5 Å². The van der Waals surface area contributed by atoms with Gasteiger partial charge in [0.1, 0.15) is 5.41 Å². The number of pyridine rings is 1. The summed E-state index contributed by atoms with van der Waals surface area (Å²) < 4.78 is 5.32. The second kappa shape index (κ2) is 8.60. The molecule has 1 aliphatic heterocycles. The van der Waals surface area contributed by atoms with Crippen LogP contribution in [0.5, 0.6) is 0 Å². The third kappa shape index (κ3) is 4.59. The number of nitrogens with zero attached hydrogens (tertiary/aromatic N) is 3. The molecule has 0 spiro atoms. The molecular weight excluding hydrogens is 332 g/mol. The molecule has 7 heteroatoms. The van der Waals surface area contributed by atoms with E-state index < -0.39 is 5.41 Å². The van der Waals surface area contributed by atoms with Crippen molar-refractivity contribution in [3.63, 3.8) is 0 Å². The van der Waals surface area contributed by atoms with Crippen LogP contribution in [0.15, 0.2) is 24.5 Å². The third-order valence-corrected chi connectivity index (χ3v) is 5.24. The maximum absolute atomic E-state index is 12.8. The zero-order valence-electron chi connectivity index (χ0n) is 15.4. The number of aromatic nitrogens is 1. The molecule has 7 nitrogen and oxygen atoms in total. The zero-order chi connectivity index (χ0) is 18.4. The van der Waals surface area contributed by atoms with Gasteiger partial charge in [-0.2, -0.15) is 0 Å². The summed E-state index contributed by atoms with van der Waals surface area (Å²) in [7, 11) is 1.78. The predicted octanol–water partition coefficient (Wildman–Crippen LogP) is 0.311. The van der Waals surface area contributed by atoms with E-state index in [1.165, 1.54) is 0 Å². The number of likely N-dealkylation sites (N-methyl/N-ethyl adjacent to an activating group) is 1. The van der Waals surface area contributed by atoms with E-state index in [1.54, 1.807) is 24.3 Å². The largest absolute Gasteiger partial charge is 0.379 e.